The van der Waals surface area contributed by atoms with E-state index in [-0.39, 0.29) is 0 Å². The highest BCUT2D eigenvalue weighted by Gasteiger charge is 2.22. The second-order valence-corrected chi connectivity index (χ2v) is 6.22. The molecular weight excluding hydrogens is 292 g/mol. The number of hydrogen-bond acceptors (Lipinski definition) is 3. The molecule has 0 N–H and O–H groups in total. The van der Waals surface area contributed by atoms with Crippen LogP contribution in [0.2, 0.25) is 0 Å². The first-order valence-electron chi connectivity index (χ1n) is 7.16. The molecule has 0 bridgehead atoms. The third-order valence-corrected chi connectivity index (χ3v) is 4.54. The molecule has 20 heavy (non-hydrogen) atoms. The molecule has 0 saturated carbocycles. The minimum Gasteiger partial charge on any atom is -0.309 e. The van der Waals surface area contributed by atoms with E-state index in [1.54, 1.807) is 0 Å². The number of hydrogen-bond donors (Lipinski definition) is 0. The van der Waals surface area contributed by atoms with E-state index in [4.69, 9.17) is 16.6 Å². The highest BCUT2D eigenvalue weighted by molar-refractivity contribution is 7.98. The van der Waals surface area contributed by atoms with Crippen LogP contribution in [0.3, 0.4) is 0 Å². The molecule has 0 aliphatic rings. The first-order valence-corrected chi connectivity index (χ1v) is 9.09. The lowest BCUT2D eigenvalue weighted by Gasteiger charge is -2.19. The molecule has 0 amide bonds. The van der Waals surface area contributed by atoms with E-state index in [9.17, 15) is 0 Å². The smallest absolute Gasteiger partial charge is 0.159 e. The second kappa shape index (κ2) is 6.85. The maximum atomic E-state index is 5.96. The zero-order valence-corrected chi connectivity index (χ0v) is 14.3. The van der Waals surface area contributed by atoms with Crippen LogP contribution < -0.4 is 0 Å². The van der Waals surface area contributed by atoms with Crippen LogP contribution in [-0.2, 0) is 13.0 Å². The number of fused-ring (bicyclic) bond motifs is 1. The standard InChI is InChI=1S/C14H23ClN4S/c1-5-11(9-20-4)19-12(7-8-15)16-13-10(3)17-18(6-2)14(13)19/h11H,5-9H2,1-4H3. The van der Waals surface area contributed by atoms with Crippen molar-refractivity contribution in [3.63, 3.8) is 0 Å². The van der Waals surface area contributed by atoms with Gasteiger partial charge in [0.1, 0.15) is 11.3 Å². The first-order chi connectivity index (χ1) is 9.67. The highest BCUT2D eigenvalue weighted by Crippen LogP contribution is 2.27. The van der Waals surface area contributed by atoms with E-state index in [1.165, 1.54) is 0 Å². The molecule has 2 heterocycles. The van der Waals surface area contributed by atoms with Crippen molar-refractivity contribution in [1.82, 2.24) is 19.3 Å². The van der Waals surface area contributed by atoms with Crippen molar-refractivity contribution in [2.24, 2.45) is 0 Å². The molecule has 0 aromatic carbocycles. The van der Waals surface area contributed by atoms with Gasteiger partial charge in [-0.2, -0.15) is 16.9 Å². The summed E-state index contributed by atoms with van der Waals surface area (Å²) in [5.41, 5.74) is 3.20. The minimum atomic E-state index is 0.453. The number of thioether (sulfide) groups is 1. The van der Waals surface area contributed by atoms with Gasteiger partial charge in [0.2, 0.25) is 0 Å². The summed E-state index contributed by atoms with van der Waals surface area (Å²) in [6, 6.07) is 0.453. The number of aryl methyl sites for hydroxylation is 3. The molecule has 112 valence electrons. The molecule has 0 radical (unpaired) electrons. The van der Waals surface area contributed by atoms with Gasteiger partial charge in [-0.1, -0.05) is 6.92 Å². The number of nitrogens with zero attached hydrogens (tertiary/aromatic N) is 4. The molecule has 2 aromatic heterocycles. The fraction of sp³-hybridized carbons (Fsp3) is 0.714. The van der Waals surface area contributed by atoms with Gasteiger partial charge in [-0.3, -0.25) is 0 Å². The van der Waals surface area contributed by atoms with Crippen molar-refractivity contribution in [2.75, 3.05) is 17.9 Å². The molecule has 0 aliphatic carbocycles. The number of imidazole rings is 1. The van der Waals surface area contributed by atoms with Gasteiger partial charge in [-0.25, -0.2) is 9.67 Å². The van der Waals surface area contributed by atoms with Crippen molar-refractivity contribution in [3.8, 4) is 0 Å². The van der Waals surface area contributed by atoms with Crippen molar-refractivity contribution < 1.29 is 0 Å². The Kier molecular flexibility index (Phi) is 5.38. The minimum absolute atomic E-state index is 0.453. The molecule has 1 unspecified atom stereocenters. The van der Waals surface area contributed by atoms with Gasteiger partial charge in [0, 0.05) is 30.6 Å². The summed E-state index contributed by atoms with van der Waals surface area (Å²) < 4.78 is 4.44. The van der Waals surface area contributed by atoms with Crippen molar-refractivity contribution in [1.29, 1.82) is 0 Å². The molecule has 0 spiro atoms. The van der Waals surface area contributed by atoms with Gasteiger partial charge >= 0.3 is 0 Å². The Bertz CT molecular complexity index is 575. The first kappa shape index (κ1) is 15.7. The van der Waals surface area contributed by atoms with Crippen molar-refractivity contribution in [3.05, 3.63) is 11.5 Å². The van der Waals surface area contributed by atoms with E-state index < -0.39 is 0 Å². The lowest BCUT2D eigenvalue weighted by atomic mass is 10.2. The van der Waals surface area contributed by atoms with E-state index in [2.05, 4.69) is 34.5 Å². The molecule has 0 fully saturated rings. The molecule has 6 heteroatoms. The molecule has 0 aliphatic heterocycles. The summed E-state index contributed by atoms with van der Waals surface area (Å²) in [4.78, 5) is 4.81. The Morgan fingerprint density at radius 3 is 2.65 bits per heavy atom. The van der Waals surface area contributed by atoms with Crippen LogP contribution in [-0.4, -0.2) is 37.2 Å². The van der Waals surface area contributed by atoms with E-state index in [0.717, 1.165) is 47.8 Å². The summed E-state index contributed by atoms with van der Waals surface area (Å²) in [5, 5.41) is 4.60. The van der Waals surface area contributed by atoms with E-state index in [0.29, 0.717) is 11.9 Å². The fourth-order valence-electron chi connectivity index (χ4n) is 2.67. The summed E-state index contributed by atoms with van der Waals surface area (Å²) in [6.45, 7) is 7.26. The SMILES string of the molecule is CCC(CSC)n1c(CCCl)nc2c(C)nn(CC)c21. The molecular formula is C14H23ClN4S. The summed E-state index contributed by atoms with van der Waals surface area (Å²) in [7, 11) is 0. The zero-order valence-electron chi connectivity index (χ0n) is 12.7. The van der Waals surface area contributed by atoms with Gasteiger partial charge in [0.05, 0.1) is 5.69 Å². The monoisotopic (exact) mass is 314 g/mol. The van der Waals surface area contributed by atoms with Crippen molar-refractivity contribution >= 4 is 34.5 Å². The third-order valence-electron chi connectivity index (χ3n) is 3.63. The van der Waals surface area contributed by atoms with E-state index >= 15 is 0 Å². The second-order valence-electron chi connectivity index (χ2n) is 4.93. The number of halogens is 1. The Balaban J connectivity index is 2.65. The number of aromatic nitrogens is 4. The van der Waals surface area contributed by atoms with Crippen LogP contribution >= 0.6 is 23.4 Å². The van der Waals surface area contributed by atoms with E-state index in [1.807, 2.05) is 18.7 Å². The summed E-state index contributed by atoms with van der Waals surface area (Å²) in [5.74, 6) is 2.79. The normalized spacial score (nSPS) is 13.2. The summed E-state index contributed by atoms with van der Waals surface area (Å²) in [6.07, 6.45) is 4.06. The molecule has 0 saturated heterocycles. The lowest BCUT2D eigenvalue weighted by molar-refractivity contribution is 0.514. The number of alkyl halides is 1. The lowest BCUT2D eigenvalue weighted by Crippen LogP contribution is -2.17. The number of rotatable bonds is 7. The topological polar surface area (TPSA) is 35.6 Å². The van der Waals surface area contributed by atoms with Gasteiger partial charge in [0.25, 0.3) is 0 Å². The van der Waals surface area contributed by atoms with Gasteiger partial charge in [0.15, 0.2) is 5.65 Å². The Labute approximate surface area is 129 Å². The molecule has 2 rings (SSSR count). The van der Waals surface area contributed by atoms with Crippen LogP contribution in [0.1, 0.15) is 37.8 Å². The van der Waals surface area contributed by atoms with Crippen LogP contribution in [0.25, 0.3) is 11.2 Å². The van der Waals surface area contributed by atoms with Crippen LogP contribution in [0, 0.1) is 6.92 Å². The largest absolute Gasteiger partial charge is 0.309 e. The third kappa shape index (κ3) is 2.70. The Morgan fingerprint density at radius 1 is 1.35 bits per heavy atom. The predicted molar refractivity (Wildman–Crippen MR) is 88.1 cm³/mol. The zero-order chi connectivity index (χ0) is 14.7. The maximum absolute atomic E-state index is 5.96. The molecule has 2 aromatic rings. The average molecular weight is 315 g/mol. The summed E-state index contributed by atoms with van der Waals surface area (Å²) >= 11 is 7.84. The van der Waals surface area contributed by atoms with Crippen LogP contribution in [0.4, 0.5) is 0 Å². The molecule has 1 atom stereocenters. The van der Waals surface area contributed by atoms with Gasteiger partial charge < -0.3 is 4.57 Å². The van der Waals surface area contributed by atoms with Crippen LogP contribution in [0.5, 0.6) is 0 Å². The Hall–Kier alpha value is -0.680. The average Bonchev–Trinajstić information content (AvgIpc) is 2.95. The van der Waals surface area contributed by atoms with Crippen molar-refractivity contribution in [2.45, 2.75) is 46.2 Å². The van der Waals surface area contributed by atoms with Gasteiger partial charge in [-0.05, 0) is 26.5 Å². The molecule has 4 nitrogen and oxygen atoms in total. The predicted octanol–water partition coefficient (Wildman–Crippen LogP) is 3.66. The highest BCUT2D eigenvalue weighted by atomic mass is 35.5. The Morgan fingerprint density at radius 2 is 2.10 bits per heavy atom. The maximum Gasteiger partial charge on any atom is 0.159 e. The fourth-order valence-corrected chi connectivity index (χ4v) is 3.61. The quantitative estimate of drug-likeness (QED) is 0.732. The van der Waals surface area contributed by atoms with Crippen LogP contribution in [0.15, 0.2) is 0 Å². The van der Waals surface area contributed by atoms with Gasteiger partial charge in [-0.15, -0.1) is 11.6 Å².